The Labute approximate surface area is 192 Å². The van der Waals surface area contributed by atoms with Gasteiger partial charge in [0.25, 0.3) is 5.69 Å². The van der Waals surface area contributed by atoms with Crippen LogP contribution in [-0.2, 0) is 6.54 Å². The van der Waals surface area contributed by atoms with Gasteiger partial charge in [-0.3, -0.25) is 10.1 Å². The van der Waals surface area contributed by atoms with E-state index in [9.17, 15) is 10.1 Å². The SMILES string of the molecule is CCCCCCCCCCCCCCCCCC[N+](C)(C)Cc1cccc([N+](=O)[O-])c1. The lowest BCUT2D eigenvalue weighted by Gasteiger charge is -2.30. The van der Waals surface area contributed by atoms with Crippen LogP contribution in [0.4, 0.5) is 5.69 Å². The summed E-state index contributed by atoms with van der Waals surface area (Å²) in [5, 5.41) is 11.0. The van der Waals surface area contributed by atoms with E-state index in [4.69, 9.17) is 0 Å². The van der Waals surface area contributed by atoms with Gasteiger partial charge in [0, 0.05) is 17.7 Å². The number of hydrogen-bond donors (Lipinski definition) is 0. The number of nitro benzene ring substituents is 1. The largest absolute Gasteiger partial charge is 0.325 e. The fourth-order valence-corrected chi connectivity index (χ4v) is 4.43. The van der Waals surface area contributed by atoms with Crippen LogP contribution in [0.2, 0.25) is 0 Å². The Balaban J connectivity index is 1.95. The van der Waals surface area contributed by atoms with Gasteiger partial charge in [-0.05, 0) is 12.8 Å². The highest BCUT2D eigenvalue weighted by atomic mass is 16.6. The van der Waals surface area contributed by atoms with Crippen LogP contribution in [0.1, 0.15) is 115 Å². The third-order valence-electron chi connectivity index (χ3n) is 6.35. The van der Waals surface area contributed by atoms with Gasteiger partial charge in [-0.25, -0.2) is 0 Å². The molecule has 0 bridgehead atoms. The molecule has 1 aromatic carbocycles. The maximum atomic E-state index is 11.0. The summed E-state index contributed by atoms with van der Waals surface area (Å²) in [5.41, 5.74) is 1.25. The molecule has 0 spiro atoms. The lowest BCUT2D eigenvalue weighted by molar-refractivity contribution is -0.903. The Morgan fingerprint density at radius 3 is 1.65 bits per heavy atom. The van der Waals surface area contributed by atoms with Crippen molar-refractivity contribution in [1.82, 2.24) is 0 Å². The Bertz CT molecular complexity index is 586. The van der Waals surface area contributed by atoms with Crippen molar-refractivity contribution in [3.8, 4) is 0 Å². The van der Waals surface area contributed by atoms with Gasteiger partial charge in [-0.1, -0.05) is 109 Å². The minimum Gasteiger partial charge on any atom is -0.325 e. The van der Waals surface area contributed by atoms with Gasteiger partial charge in [0.2, 0.25) is 0 Å². The minimum absolute atomic E-state index is 0.194. The van der Waals surface area contributed by atoms with Gasteiger partial charge < -0.3 is 4.48 Å². The quantitative estimate of drug-likeness (QED) is 0.0896. The molecule has 0 N–H and O–H groups in total. The van der Waals surface area contributed by atoms with Crippen LogP contribution in [-0.4, -0.2) is 30.0 Å². The maximum absolute atomic E-state index is 11.0. The van der Waals surface area contributed by atoms with Crippen molar-refractivity contribution in [2.75, 3.05) is 20.6 Å². The van der Waals surface area contributed by atoms with Gasteiger partial charge in [0.15, 0.2) is 0 Å². The number of benzene rings is 1. The Kier molecular flexibility index (Phi) is 15.3. The summed E-state index contributed by atoms with van der Waals surface area (Å²) >= 11 is 0. The molecule has 0 aliphatic carbocycles. The van der Waals surface area contributed by atoms with Crippen molar-refractivity contribution in [1.29, 1.82) is 0 Å². The zero-order valence-corrected chi connectivity index (χ0v) is 20.7. The van der Waals surface area contributed by atoms with Gasteiger partial charge in [0.1, 0.15) is 6.54 Å². The molecule has 0 aliphatic rings. The van der Waals surface area contributed by atoms with E-state index < -0.39 is 0 Å². The highest BCUT2D eigenvalue weighted by Gasteiger charge is 2.17. The first-order chi connectivity index (χ1) is 14.9. The molecule has 31 heavy (non-hydrogen) atoms. The predicted molar refractivity (Wildman–Crippen MR) is 133 cm³/mol. The lowest BCUT2D eigenvalue weighted by atomic mass is 10.0. The Hall–Kier alpha value is -1.42. The maximum Gasteiger partial charge on any atom is 0.269 e. The van der Waals surface area contributed by atoms with Crippen molar-refractivity contribution in [2.24, 2.45) is 0 Å². The standard InChI is InChI=1S/C27H49N2O2/c1-4-5-6-7-8-9-10-11-12-13-14-15-16-17-18-19-23-29(2,3)25-26-21-20-22-27(24-26)28(30)31/h20-22,24H,4-19,23,25H2,1-3H3/q+1. The molecule has 0 saturated heterocycles. The number of nitrogens with zero attached hydrogens (tertiary/aromatic N) is 2. The Morgan fingerprint density at radius 2 is 1.19 bits per heavy atom. The first-order valence-corrected chi connectivity index (χ1v) is 13.0. The van der Waals surface area contributed by atoms with E-state index >= 15 is 0 Å². The average Bonchev–Trinajstić information content (AvgIpc) is 2.73. The van der Waals surface area contributed by atoms with Crippen molar-refractivity contribution in [3.05, 3.63) is 39.9 Å². The van der Waals surface area contributed by atoms with Crippen LogP contribution in [0.3, 0.4) is 0 Å². The fraction of sp³-hybridized carbons (Fsp3) is 0.778. The molecular formula is C27H49N2O2+. The van der Waals surface area contributed by atoms with Crippen molar-refractivity contribution in [2.45, 2.75) is 116 Å². The topological polar surface area (TPSA) is 43.1 Å². The smallest absolute Gasteiger partial charge is 0.269 e. The Morgan fingerprint density at radius 1 is 0.742 bits per heavy atom. The van der Waals surface area contributed by atoms with Crippen LogP contribution >= 0.6 is 0 Å². The molecule has 0 heterocycles. The second-order valence-electron chi connectivity index (χ2n) is 10.0. The molecule has 0 atom stereocenters. The van der Waals surface area contributed by atoms with Crippen LogP contribution in [0.15, 0.2) is 24.3 Å². The van der Waals surface area contributed by atoms with E-state index in [1.54, 1.807) is 18.2 Å². The fourth-order valence-electron chi connectivity index (χ4n) is 4.43. The molecule has 0 amide bonds. The van der Waals surface area contributed by atoms with E-state index in [2.05, 4.69) is 21.0 Å². The van der Waals surface area contributed by atoms with E-state index in [-0.39, 0.29) is 10.6 Å². The third-order valence-corrected chi connectivity index (χ3v) is 6.35. The van der Waals surface area contributed by atoms with Gasteiger partial charge in [0.05, 0.1) is 25.6 Å². The third kappa shape index (κ3) is 15.1. The molecule has 4 heteroatoms. The molecule has 0 saturated carbocycles. The van der Waals surface area contributed by atoms with Crippen molar-refractivity contribution in [3.63, 3.8) is 0 Å². The van der Waals surface area contributed by atoms with E-state index in [0.29, 0.717) is 0 Å². The first kappa shape index (κ1) is 27.6. The number of non-ortho nitro benzene ring substituents is 1. The number of quaternary nitrogens is 1. The molecule has 1 rings (SSSR count). The molecule has 4 nitrogen and oxygen atoms in total. The predicted octanol–water partition coefficient (Wildman–Crippen LogP) is 8.43. The number of hydrogen-bond acceptors (Lipinski definition) is 2. The van der Waals surface area contributed by atoms with Crippen LogP contribution < -0.4 is 0 Å². The summed E-state index contributed by atoms with van der Waals surface area (Å²) in [6.07, 6.45) is 22.3. The molecule has 0 aromatic heterocycles. The summed E-state index contributed by atoms with van der Waals surface area (Å²) in [6.45, 7) is 4.26. The van der Waals surface area contributed by atoms with Gasteiger partial charge in [-0.2, -0.15) is 0 Å². The molecule has 0 radical (unpaired) electrons. The molecular weight excluding hydrogens is 384 g/mol. The van der Waals surface area contributed by atoms with Crippen LogP contribution in [0.5, 0.6) is 0 Å². The average molecular weight is 434 g/mol. The first-order valence-electron chi connectivity index (χ1n) is 13.0. The van der Waals surface area contributed by atoms with Crippen molar-refractivity contribution >= 4 is 5.69 Å². The molecule has 178 valence electrons. The summed E-state index contributed by atoms with van der Waals surface area (Å²) in [6, 6.07) is 7.08. The van der Waals surface area contributed by atoms with Crippen LogP contribution in [0, 0.1) is 10.1 Å². The molecule has 0 fully saturated rings. The summed E-state index contributed by atoms with van der Waals surface area (Å²) in [7, 11) is 4.45. The second kappa shape index (κ2) is 17.2. The summed E-state index contributed by atoms with van der Waals surface area (Å²) < 4.78 is 0.889. The van der Waals surface area contributed by atoms with Gasteiger partial charge >= 0.3 is 0 Å². The zero-order chi connectivity index (χ0) is 22.8. The monoisotopic (exact) mass is 433 g/mol. The highest BCUT2D eigenvalue weighted by molar-refractivity contribution is 5.33. The summed E-state index contributed by atoms with van der Waals surface area (Å²) in [5.74, 6) is 0. The van der Waals surface area contributed by atoms with E-state index in [1.807, 2.05) is 6.07 Å². The number of rotatable bonds is 20. The lowest BCUT2D eigenvalue weighted by Crippen LogP contribution is -2.39. The molecule has 1 aromatic rings. The van der Waals surface area contributed by atoms with Crippen LogP contribution in [0.25, 0.3) is 0 Å². The normalized spacial score (nSPS) is 11.7. The molecule has 0 unspecified atom stereocenters. The molecule has 0 aliphatic heterocycles. The second-order valence-corrected chi connectivity index (χ2v) is 10.0. The minimum atomic E-state index is -0.306. The number of unbranched alkanes of at least 4 members (excludes halogenated alkanes) is 15. The zero-order valence-electron chi connectivity index (χ0n) is 20.7. The number of nitro groups is 1. The van der Waals surface area contributed by atoms with Crippen molar-refractivity contribution < 1.29 is 9.41 Å². The van der Waals surface area contributed by atoms with E-state index in [0.717, 1.165) is 23.1 Å². The highest BCUT2D eigenvalue weighted by Crippen LogP contribution is 2.18. The van der Waals surface area contributed by atoms with Gasteiger partial charge in [-0.15, -0.1) is 0 Å². The summed E-state index contributed by atoms with van der Waals surface area (Å²) in [4.78, 5) is 10.7. The van der Waals surface area contributed by atoms with E-state index in [1.165, 1.54) is 103 Å².